The van der Waals surface area contributed by atoms with E-state index in [4.69, 9.17) is 33.1 Å². The number of carbonyl (C=O) groups is 3. The molecule has 0 spiro atoms. The summed E-state index contributed by atoms with van der Waals surface area (Å²) < 4.78 is 38.4. The number of nitrogens with zero attached hydrogens (tertiary/aromatic N) is 2. The number of nitrogens with one attached hydrogen (secondary N) is 1. The van der Waals surface area contributed by atoms with Crippen molar-refractivity contribution in [2.45, 2.75) is 111 Å². The number of rotatable bonds is 5. The van der Waals surface area contributed by atoms with E-state index < -0.39 is 41.1 Å². The minimum absolute atomic E-state index is 0.000779. The molecule has 0 radical (unpaired) electrons. The Morgan fingerprint density at radius 3 is 2.62 bits per heavy atom. The lowest BCUT2D eigenvalue weighted by molar-refractivity contribution is -0.155. The minimum Gasteiger partial charge on any atom is -0.505 e. The summed E-state index contributed by atoms with van der Waals surface area (Å²) in [6.45, 7) is 14.5. The number of benzene rings is 3. The SMILES string of the molecule is CC(=O)OC1C2C[C@H](C)CC(C)/C=C/C=C(/C)C(=O)Nc3c4oc5cc(OCCN6CC7CCC6C7)cc(O)c5nc-4c4c5c(c(C)c(c4c3=O)O2)O[C@](C)(O/C=C/C[C@H]1C)C5=O. The summed E-state index contributed by atoms with van der Waals surface area (Å²) in [7, 11) is 0. The molecule has 7 aliphatic rings. The highest BCUT2D eigenvalue weighted by molar-refractivity contribution is 6.22. The number of ketones is 1. The van der Waals surface area contributed by atoms with Crippen molar-refractivity contribution in [2.24, 2.45) is 23.7 Å². The highest BCUT2D eigenvalue weighted by atomic mass is 16.7. The number of anilines is 1. The van der Waals surface area contributed by atoms with Gasteiger partial charge in [0.2, 0.25) is 5.43 Å². The predicted molar refractivity (Wildman–Crippen MR) is 235 cm³/mol. The van der Waals surface area contributed by atoms with Crippen LogP contribution in [-0.4, -0.2) is 76.4 Å². The van der Waals surface area contributed by atoms with Crippen molar-refractivity contribution in [3.8, 4) is 34.5 Å². The number of amides is 1. The average molecular weight is 862 g/mol. The molecular formula is C49H55N3O11. The Kier molecular flexibility index (Phi) is 11.0. The van der Waals surface area contributed by atoms with Gasteiger partial charge in [-0.2, -0.15) is 0 Å². The van der Waals surface area contributed by atoms with E-state index in [1.54, 1.807) is 32.1 Å². The zero-order chi connectivity index (χ0) is 44.5. The fraction of sp³-hybridized carbons (Fsp3) is 0.490. The van der Waals surface area contributed by atoms with Crippen molar-refractivity contribution in [2.75, 3.05) is 25.0 Å². The molecule has 63 heavy (non-hydrogen) atoms. The lowest BCUT2D eigenvalue weighted by atomic mass is 9.86. The number of fused-ring (bicyclic) bond motifs is 10. The Hall–Kier alpha value is -5.89. The fourth-order valence-electron chi connectivity index (χ4n) is 10.4. The van der Waals surface area contributed by atoms with E-state index in [1.165, 1.54) is 45.4 Å². The molecule has 5 aliphatic heterocycles. The number of hydrogen-bond donors (Lipinski definition) is 2. The van der Waals surface area contributed by atoms with Gasteiger partial charge in [0.25, 0.3) is 11.7 Å². The topological polar surface area (TPSA) is 176 Å². The number of phenols is 1. The summed E-state index contributed by atoms with van der Waals surface area (Å²) in [4.78, 5) is 64.5. The van der Waals surface area contributed by atoms with Crippen molar-refractivity contribution >= 4 is 45.2 Å². The molecule has 2 N–H and O–H groups in total. The second-order valence-corrected chi connectivity index (χ2v) is 18.5. The maximum Gasteiger partial charge on any atom is 0.312 e. The van der Waals surface area contributed by atoms with Gasteiger partial charge in [-0.15, -0.1) is 0 Å². The van der Waals surface area contributed by atoms with Gasteiger partial charge in [-0.1, -0.05) is 39.0 Å². The number of piperidine rings is 1. The second-order valence-electron chi connectivity index (χ2n) is 18.5. The van der Waals surface area contributed by atoms with Gasteiger partial charge >= 0.3 is 11.8 Å². The molecular weight excluding hydrogens is 807 g/mol. The van der Waals surface area contributed by atoms with Crippen LogP contribution < -0.4 is 25.0 Å². The van der Waals surface area contributed by atoms with Gasteiger partial charge in [0.15, 0.2) is 11.3 Å². The third kappa shape index (κ3) is 7.70. The van der Waals surface area contributed by atoms with Crippen LogP contribution in [0.15, 0.2) is 57.5 Å². The lowest BCUT2D eigenvalue weighted by Crippen LogP contribution is -2.41. The molecule has 1 saturated carbocycles. The Morgan fingerprint density at radius 2 is 1.87 bits per heavy atom. The number of allylic oxidation sites excluding steroid dienone is 4. The quantitative estimate of drug-likeness (QED) is 0.111. The van der Waals surface area contributed by atoms with Gasteiger partial charge in [0.1, 0.15) is 58.7 Å². The Balaban J connectivity index is 1.30. The third-order valence-corrected chi connectivity index (χ3v) is 13.5. The van der Waals surface area contributed by atoms with Gasteiger partial charge in [-0.3, -0.25) is 24.1 Å². The highest BCUT2D eigenvalue weighted by Crippen LogP contribution is 2.52. The van der Waals surface area contributed by atoms with Crippen LogP contribution in [0, 0.1) is 30.6 Å². The number of Topliss-reactive ketones (excluding diaryl/α,β-unsaturated/α-hetero) is 1. The summed E-state index contributed by atoms with van der Waals surface area (Å²) in [6, 6.07) is 3.63. The fourth-order valence-corrected chi connectivity index (χ4v) is 10.4. The van der Waals surface area contributed by atoms with Gasteiger partial charge in [-0.05, 0) is 76.2 Å². The molecule has 0 aromatic heterocycles. The number of likely N-dealkylation sites (tertiary alicyclic amines) is 1. The van der Waals surface area contributed by atoms with Gasteiger partial charge in [0, 0.05) is 67.6 Å². The number of aromatic nitrogens is 1. The molecule has 5 heterocycles. The van der Waals surface area contributed by atoms with Crippen molar-refractivity contribution in [1.29, 1.82) is 0 Å². The van der Waals surface area contributed by atoms with E-state index >= 15 is 4.79 Å². The molecule has 1 saturated heterocycles. The number of aromatic hydroxyl groups is 1. The summed E-state index contributed by atoms with van der Waals surface area (Å²) in [5.74, 6) is -2.87. The van der Waals surface area contributed by atoms with E-state index in [9.17, 15) is 19.5 Å². The van der Waals surface area contributed by atoms with Crippen LogP contribution in [0.4, 0.5) is 5.69 Å². The van der Waals surface area contributed by atoms with Crippen molar-refractivity contribution in [3.05, 3.63) is 69.6 Å². The van der Waals surface area contributed by atoms with Crippen molar-refractivity contribution in [1.82, 2.24) is 9.88 Å². The van der Waals surface area contributed by atoms with Crippen LogP contribution in [0.3, 0.4) is 0 Å². The van der Waals surface area contributed by atoms with Gasteiger partial charge in [-0.25, -0.2) is 4.98 Å². The summed E-state index contributed by atoms with van der Waals surface area (Å²) in [6.07, 6.45) is 12.3. The molecule has 332 valence electrons. The molecule has 2 fully saturated rings. The van der Waals surface area contributed by atoms with Crippen molar-refractivity contribution < 1.29 is 47.6 Å². The zero-order valence-electron chi connectivity index (χ0n) is 36.9. The molecule has 2 aliphatic carbocycles. The predicted octanol–water partition coefficient (Wildman–Crippen LogP) is 8.37. The number of carbonyl (C=O) groups excluding carboxylic acids is 3. The van der Waals surface area contributed by atoms with Crippen LogP contribution in [0.5, 0.6) is 23.0 Å². The zero-order valence-corrected chi connectivity index (χ0v) is 36.9. The van der Waals surface area contributed by atoms with Crippen LogP contribution in [0.25, 0.3) is 33.3 Å². The van der Waals surface area contributed by atoms with Crippen LogP contribution >= 0.6 is 0 Å². The van der Waals surface area contributed by atoms with E-state index in [1.807, 2.05) is 19.1 Å². The number of ether oxygens (including phenoxy) is 5. The first kappa shape index (κ1) is 42.4. The number of phenolic OH excluding ortho intramolecular Hbond substituents is 1. The maximum atomic E-state index is 15.4. The highest BCUT2D eigenvalue weighted by Gasteiger charge is 2.51. The normalized spacial score (nSPS) is 30.3. The average Bonchev–Trinajstić information content (AvgIpc) is 3.93. The first-order valence-corrected chi connectivity index (χ1v) is 22.2. The molecule has 14 heteroatoms. The molecule has 8 atom stereocenters. The maximum absolute atomic E-state index is 15.4. The molecule has 2 aromatic carbocycles. The monoisotopic (exact) mass is 861 g/mol. The number of hydrogen-bond acceptors (Lipinski definition) is 13. The summed E-state index contributed by atoms with van der Waals surface area (Å²) >= 11 is 0. The molecule has 5 unspecified atom stereocenters. The lowest BCUT2D eigenvalue weighted by Gasteiger charge is -2.34. The molecule has 2 aromatic rings. The van der Waals surface area contributed by atoms with Crippen LogP contribution in [0.2, 0.25) is 0 Å². The van der Waals surface area contributed by atoms with Crippen LogP contribution in [-0.2, 0) is 19.1 Å². The van der Waals surface area contributed by atoms with Crippen molar-refractivity contribution in [3.63, 3.8) is 0 Å². The smallest absolute Gasteiger partial charge is 0.312 e. The van der Waals surface area contributed by atoms with Crippen LogP contribution in [0.1, 0.15) is 96.0 Å². The summed E-state index contributed by atoms with van der Waals surface area (Å²) in [5.41, 5.74) is -0.244. The third-order valence-electron chi connectivity index (χ3n) is 13.5. The first-order chi connectivity index (χ1) is 30.1. The Bertz CT molecular complexity index is 2660. The van der Waals surface area contributed by atoms with E-state index in [2.05, 4.69) is 24.1 Å². The standard InChI is InChI=1S/C49H55N3O11/c1-24-10-8-11-27(4)48(57)51-41-42(55)37-36(40-46(41)61-34-22-32(21-33(54)39(34)50-40)58-17-15-52-23-30-13-14-31(52)20-30)38-45-28(5)44(37)62-35(19-25(2)18-24)43(60-29(6)53)26(3)12-9-16-59-49(7,63-45)47(38)56/h8-11,16,21-22,24-26,30-31,35,43,54H,12-15,17-20,23H2,1-7H3,(H,51,57)/b10-8+,16-9+,27-11-/t24?,25-,26-,30?,31?,35?,43?,49+/m1/s1. The largest absolute Gasteiger partial charge is 0.505 e. The van der Waals surface area contributed by atoms with Gasteiger partial charge in [0.05, 0.1) is 17.2 Å². The summed E-state index contributed by atoms with van der Waals surface area (Å²) in [5, 5.41) is 14.4. The molecule has 8 bridgehead atoms. The van der Waals surface area contributed by atoms with Gasteiger partial charge < -0.3 is 38.5 Å². The molecule has 9 rings (SSSR count). The van der Waals surface area contributed by atoms with E-state index in [0.717, 1.165) is 25.4 Å². The molecule has 14 nitrogen and oxygen atoms in total. The Labute approximate surface area is 365 Å². The Morgan fingerprint density at radius 1 is 1.06 bits per heavy atom. The molecule has 1 amide bonds. The second kappa shape index (κ2) is 16.3. The first-order valence-electron chi connectivity index (χ1n) is 22.2. The van der Waals surface area contributed by atoms with E-state index in [-0.39, 0.29) is 79.6 Å². The van der Waals surface area contributed by atoms with E-state index in [0.29, 0.717) is 42.4 Å². The minimum atomic E-state index is -1.87. The number of esters is 1.